The van der Waals surface area contributed by atoms with E-state index in [1.807, 2.05) is 30.5 Å². The maximum atomic E-state index is 12.0. The normalized spacial score (nSPS) is 10.6. The van der Waals surface area contributed by atoms with E-state index in [1.54, 1.807) is 28.8 Å². The van der Waals surface area contributed by atoms with Crippen molar-refractivity contribution in [2.75, 3.05) is 0 Å². The van der Waals surface area contributed by atoms with Gasteiger partial charge < -0.3 is 14.8 Å². The molecule has 0 aliphatic heterocycles. The van der Waals surface area contributed by atoms with Crippen LogP contribution in [0, 0.1) is 0 Å². The number of nitrogens with one attached hydrogen (secondary N) is 1. The third-order valence-electron chi connectivity index (χ3n) is 2.96. The predicted molar refractivity (Wildman–Crippen MR) is 74.5 cm³/mol. The maximum Gasteiger partial charge on any atom is 0.271 e. The van der Waals surface area contributed by atoms with Crippen LogP contribution in [-0.2, 0) is 6.54 Å². The first-order valence-corrected chi connectivity index (χ1v) is 6.22. The van der Waals surface area contributed by atoms with Gasteiger partial charge >= 0.3 is 0 Å². The number of carbonyl (C=O) groups excluding carboxylic acids is 1. The van der Waals surface area contributed by atoms with E-state index in [-0.39, 0.29) is 11.7 Å². The quantitative estimate of drug-likeness (QED) is 0.762. The van der Waals surface area contributed by atoms with E-state index in [1.165, 1.54) is 0 Å². The standard InChI is InChI=1S/C15H13N3O2/c19-12-5-3-4-11(8-12)9-16-15(20)13-10-18-7-2-1-6-14(18)17-13/h1-8,10,19H,9H2,(H,16,20). The van der Waals surface area contributed by atoms with E-state index in [0.717, 1.165) is 11.2 Å². The summed E-state index contributed by atoms with van der Waals surface area (Å²) >= 11 is 0. The maximum absolute atomic E-state index is 12.0. The molecule has 5 heteroatoms. The van der Waals surface area contributed by atoms with Gasteiger partial charge in [-0.25, -0.2) is 4.98 Å². The largest absolute Gasteiger partial charge is 0.508 e. The van der Waals surface area contributed by atoms with Crippen molar-refractivity contribution in [2.45, 2.75) is 6.54 Å². The minimum atomic E-state index is -0.239. The van der Waals surface area contributed by atoms with Crippen molar-refractivity contribution in [1.29, 1.82) is 0 Å². The zero-order valence-electron chi connectivity index (χ0n) is 10.7. The SMILES string of the molecule is O=C(NCc1cccc(O)c1)c1cn2ccccc2n1. The van der Waals surface area contributed by atoms with Gasteiger partial charge in [-0.3, -0.25) is 4.79 Å². The molecule has 5 nitrogen and oxygen atoms in total. The molecule has 0 radical (unpaired) electrons. The number of aromatic hydroxyl groups is 1. The van der Waals surface area contributed by atoms with Crippen LogP contribution in [0.15, 0.2) is 54.9 Å². The number of fused-ring (bicyclic) bond motifs is 1. The Balaban J connectivity index is 1.73. The lowest BCUT2D eigenvalue weighted by Gasteiger charge is -2.03. The second kappa shape index (κ2) is 5.05. The Morgan fingerprint density at radius 1 is 1.25 bits per heavy atom. The predicted octanol–water partition coefficient (Wildman–Crippen LogP) is 1.97. The number of pyridine rings is 1. The van der Waals surface area contributed by atoms with Crippen molar-refractivity contribution in [1.82, 2.24) is 14.7 Å². The molecule has 2 heterocycles. The molecule has 3 rings (SSSR count). The molecule has 0 atom stereocenters. The lowest BCUT2D eigenvalue weighted by molar-refractivity contribution is 0.0946. The summed E-state index contributed by atoms with van der Waals surface area (Å²) < 4.78 is 1.79. The smallest absolute Gasteiger partial charge is 0.271 e. The van der Waals surface area contributed by atoms with Gasteiger partial charge in [0.25, 0.3) is 5.91 Å². The molecule has 2 aromatic heterocycles. The molecule has 0 unspecified atom stereocenters. The van der Waals surface area contributed by atoms with Crippen LogP contribution in [0.5, 0.6) is 5.75 Å². The summed E-state index contributed by atoms with van der Waals surface area (Å²) in [5.41, 5.74) is 1.94. The molecular weight excluding hydrogens is 254 g/mol. The van der Waals surface area contributed by atoms with Gasteiger partial charge in [0.15, 0.2) is 0 Å². The minimum absolute atomic E-state index is 0.185. The lowest BCUT2D eigenvalue weighted by Crippen LogP contribution is -2.23. The lowest BCUT2D eigenvalue weighted by atomic mass is 10.2. The van der Waals surface area contributed by atoms with Crippen molar-refractivity contribution in [3.63, 3.8) is 0 Å². The second-order valence-corrected chi connectivity index (χ2v) is 4.44. The third kappa shape index (κ3) is 2.47. The Labute approximate surface area is 115 Å². The summed E-state index contributed by atoms with van der Waals surface area (Å²) in [4.78, 5) is 16.3. The second-order valence-electron chi connectivity index (χ2n) is 4.44. The Morgan fingerprint density at radius 3 is 2.95 bits per heavy atom. The Kier molecular flexibility index (Phi) is 3.09. The van der Waals surface area contributed by atoms with Crippen LogP contribution in [0.25, 0.3) is 5.65 Å². The van der Waals surface area contributed by atoms with Gasteiger partial charge in [-0.2, -0.15) is 0 Å². The number of hydrogen-bond donors (Lipinski definition) is 2. The van der Waals surface area contributed by atoms with Crippen LogP contribution in [0.1, 0.15) is 16.1 Å². The summed E-state index contributed by atoms with van der Waals surface area (Å²) in [7, 11) is 0. The fourth-order valence-electron chi connectivity index (χ4n) is 1.98. The van der Waals surface area contributed by atoms with Gasteiger partial charge in [0.1, 0.15) is 17.1 Å². The Morgan fingerprint density at radius 2 is 2.15 bits per heavy atom. The van der Waals surface area contributed by atoms with Crippen molar-refractivity contribution in [2.24, 2.45) is 0 Å². The summed E-state index contributed by atoms with van der Waals surface area (Å²) in [6.07, 6.45) is 3.53. The van der Waals surface area contributed by atoms with Crippen LogP contribution in [0.2, 0.25) is 0 Å². The average molecular weight is 267 g/mol. The molecular formula is C15H13N3O2. The fourth-order valence-corrected chi connectivity index (χ4v) is 1.98. The first-order valence-electron chi connectivity index (χ1n) is 6.22. The molecule has 0 spiro atoms. The van der Waals surface area contributed by atoms with Crippen molar-refractivity contribution in [3.05, 3.63) is 66.1 Å². The molecule has 0 aliphatic rings. The first-order chi connectivity index (χ1) is 9.72. The number of carbonyl (C=O) groups is 1. The first kappa shape index (κ1) is 12.2. The van der Waals surface area contributed by atoms with Crippen LogP contribution in [-0.4, -0.2) is 20.4 Å². The number of phenolic OH excluding ortho intramolecular Hbond substituents is 1. The van der Waals surface area contributed by atoms with Crippen molar-refractivity contribution in [3.8, 4) is 5.75 Å². The number of nitrogens with zero attached hydrogens (tertiary/aromatic N) is 2. The monoisotopic (exact) mass is 267 g/mol. The molecule has 2 N–H and O–H groups in total. The number of imidazole rings is 1. The van der Waals surface area contributed by atoms with Gasteiger partial charge in [-0.15, -0.1) is 0 Å². The van der Waals surface area contributed by atoms with E-state index in [9.17, 15) is 9.90 Å². The summed E-state index contributed by atoms with van der Waals surface area (Å²) in [6.45, 7) is 0.348. The highest BCUT2D eigenvalue weighted by Crippen LogP contribution is 2.11. The number of phenols is 1. The van der Waals surface area contributed by atoms with Gasteiger partial charge in [0.05, 0.1) is 0 Å². The zero-order chi connectivity index (χ0) is 13.9. The molecule has 1 aromatic carbocycles. The summed E-state index contributed by atoms with van der Waals surface area (Å²) in [5.74, 6) is -0.0541. The van der Waals surface area contributed by atoms with E-state index in [0.29, 0.717) is 12.2 Å². The van der Waals surface area contributed by atoms with Gasteiger partial charge in [0, 0.05) is 18.9 Å². The molecule has 1 amide bonds. The number of benzene rings is 1. The van der Waals surface area contributed by atoms with E-state index < -0.39 is 0 Å². The van der Waals surface area contributed by atoms with E-state index >= 15 is 0 Å². The van der Waals surface area contributed by atoms with E-state index in [4.69, 9.17) is 0 Å². The zero-order valence-corrected chi connectivity index (χ0v) is 10.7. The van der Waals surface area contributed by atoms with Gasteiger partial charge in [-0.1, -0.05) is 18.2 Å². The Hall–Kier alpha value is -2.82. The topological polar surface area (TPSA) is 66.6 Å². The molecule has 0 bridgehead atoms. The average Bonchev–Trinajstić information content (AvgIpc) is 2.89. The highest BCUT2D eigenvalue weighted by molar-refractivity contribution is 5.92. The molecule has 3 aromatic rings. The van der Waals surface area contributed by atoms with Crippen molar-refractivity contribution >= 4 is 11.6 Å². The molecule has 100 valence electrons. The molecule has 0 aliphatic carbocycles. The minimum Gasteiger partial charge on any atom is -0.508 e. The Bertz CT molecular complexity index is 731. The molecule has 20 heavy (non-hydrogen) atoms. The van der Waals surface area contributed by atoms with Crippen molar-refractivity contribution < 1.29 is 9.90 Å². The number of amides is 1. The molecule has 0 saturated heterocycles. The number of rotatable bonds is 3. The highest BCUT2D eigenvalue weighted by atomic mass is 16.3. The van der Waals surface area contributed by atoms with Gasteiger partial charge in [-0.05, 0) is 29.8 Å². The fraction of sp³-hybridized carbons (Fsp3) is 0.0667. The van der Waals surface area contributed by atoms with Crippen LogP contribution in [0.4, 0.5) is 0 Å². The van der Waals surface area contributed by atoms with Crippen LogP contribution in [0.3, 0.4) is 0 Å². The molecule has 0 saturated carbocycles. The molecule has 0 fully saturated rings. The van der Waals surface area contributed by atoms with Crippen LogP contribution < -0.4 is 5.32 Å². The van der Waals surface area contributed by atoms with E-state index in [2.05, 4.69) is 10.3 Å². The number of hydrogen-bond acceptors (Lipinski definition) is 3. The third-order valence-corrected chi connectivity index (χ3v) is 2.96. The highest BCUT2D eigenvalue weighted by Gasteiger charge is 2.10. The summed E-state index contributed by atoms with van der Waals surface area (Å²) in [5, 5.41) is 12.1. The summed E-state index contributed by atoms with van der Waals surface area (Å²) in [6, 6.07) is 12.4. The number of aromatic nitrogens is 2. The van der Waals surface area contributed by atoms with Gasteiger partial charge in [0.2, 0.25) is 0 Å². The van der Waals surface area contributed by atoms with Crippen LogP contribution >= 0.6 is 0 Å².